The molecule has 0 rings (SSSR count). The SMILES string of the molecule is CCCCCCCC/C=C\CCCCCCCC(=O)N[C@@H](CC(C)C)C(=O)O. The Hall–Kier alpha value is -1.32. The van der Waals surface area contributed by atoms with Gasteiger partial charge in [-0.05, 0) is 44.4 Å². The number of hydrogen-bond acceptors (Lipinski definition) is 2. The highest BCUT2D eigenvalue weighted by atomic mass is 16.4. The van der Waals surface area contributed by atoms with Crippen LogP contribution in [-0.2, 0) is 9.59 Å². The molecule has 0 fully saturated rings. The minimum Gasteiger partial charge on any atom is -0.480 e. The summed E-state index contributed by atoms with van der Waals surface area (Å²) in [7, 11) is 0. The summed E-state index contributed by atoms with van der Waals surface area (Å²) < 4.78 is 0. The smallest absolute Gasteiger partial charge is 0.326 e. The molecule has 4 nitrogen and oxygen atoms in total. The number of carbonyl (C=O) groups is 2. The first-order chi connectivity index (χ1) is 13.5. The zero-order chi connectivity index (χ0) is 21.0. The van der Waals surface area contributed by atoms with Crippen LogP contribution in [0.25, 0.3) is 0 Å². The monoisotopic (exact) mass is 395 g/mol. The zero-order valence-electron chi connectivity index (χ0n) is 18.7. The Balaban J connectivity index is 3.50. The first kappa shape index (κ1) is 26.7. The van der Waals surface area contributed by atoms with E-state index in [9.17, 15) is 9.59 Å². The number of hydrogen-bond donors (Lipinski definition) is 2. The lowest BCUT2D eigenvalue weighted by Crippen LogP contribution is -2.41. The second-order valence-electron chi connectivity index (χ2n) is 8.42. The molecule has 28 heavy (non-hydrogen) atoms. The zero-order valence-corrected chi connectivity index (χ0v) is 18.7. The number of carbonyl (C=O) groups excluding carboxylic acids is 1. The quantitative estimate of drug-likeness (QED) is 0.190. The van der Waals surface area contributed by atoms with E-state index in [-0.39, 0.29) is 11.8 Å². The van der Waals surface area contributed by atoms with Gasteiger partial charge >= 0.3 is 5.97 Å². The summed E-state index contributed by atoms with van der Waals surface area (Å²) in [6.07, 6.45) is 21.5. The van der Waals surface area contributed by atoms with E-state index in [1.165, 1.54) is 57.8 Å². The van der Waals surface area contributed by atoms with Gasteiger partial charge in [-0.15, -0.1) is 0 Å². The maximum atomic E-state index is 11.9. The molecule has 1 atom stereocenters. The molecule has 0 aromatic heterocycles. The van der Waals surface area contributed by atoms with Gasteiger partial charge in [-0.25, -0.2) is 4.79 Å². The van der Waals surface area contributed by atoms with Gasteiger partial charge in [-0.3, -0.25) is 4.79 Å². The molecule has 0 unspecified atom stereocenters. The second-order valence-corrected chi connectivity index (χ2v) is 8.42. The summed E-state index contributed by atoms with van der Waals surface area (Å²) in [5, 5.41) is 11.8. The normalized spacial score (nSPS) is 12.6. The van der Waals surface area contributed by atoms with Crippen molar-refractivity contribution in [2.75, 3.05) is 0 Å². The number of carboxylic acids is 1. The highest BCUT2D eigenvalue weighted by molar-refractivity contribution is 5.83. The van der Waals surface area contributed by atoms with E-state index in [1.807, 2.05) is 13.8 Å². The molecule has 0 bridgehead atoms. The Kier molecular flexibility index (Phi) is 18.1. The predicted molar refractivity (Wildman–Crippen MR) is 118 cm³/mol. The summed E-state index contributed by atoms with van der Waals surface area (Å²) in [4.78, 5) is 23.1. The van der Waals surface area contributed by atoms with Gasteiger partial charge in [-0.2, -0.15) is 0 Å². The van der Waals surface area contributed by atoms with Crippen molar-refractivity contribution in [3.63, 3.8) is 0 Å². The van der Waals surface area contributed by atoms with Crippen LogP contribution in [-0.4, -0.2) is 23.0 Å². The lowest BCUT2D eigenvalue weighted by atomic mass is 10.0. The molecule has 1 amide bonds. The molecular formula is C24H45NO3. The van der Waals surface area contributed by atoms with E-state index in [1.54, 1.807) is 0 Å². The maximum Gasteiger partial charge on any atom is 0.326 e. The highest BCUT2D eigenvalue weighted by Gasteiger charge is 2.20. The molecule has 0 aliphatic rings. The number of carboxylic acid groups (broad SMARTS) is 1. The van der Waals surface area contributed by atoms with Crippen molar-refractivity contribution in [1.82, 2.24) is 5.32 Å². The highest BCUT2D eigenvalue weighted by Crippen LogP contribution is 2.10. The minimum atomic E-state index is -0.938. The van der Waals surface area contributed by atoms with E-state index < -0.39 is 12.0 Å². The minimum absolute atomic E-state index is 0.134. The Labute approximate surface area is 173 Å². The van der Waals surface area contributed by atoms with Crippen molar-refractivity contribution < 1.29 is 14.7 Å². The lowest BCUT2D eigenvalue weighted by Gasteiger charge is -2.16. The lowest BCUT2D eigenvalue weighted by molar-refractivity contribution is -0.142. The molecule has 2 N–H and O–H groups in total. The molecule has 0 aliphatic heterocycles. The van der Waals surface area contributed by atoms with Crippen molar-refractivity contribution in [3.05, 3.63) is 12.2 Å². The number of rotatable bonds is 19. The van der Waals surface area contributed by atoms with Crippen molar-refractivity contribution in [2.24, 2.45) is 5.92 Å². The van der Waals surface area contributed by atoms with Gasteiger partial charge in [0.1, 0.15) is 6.04 Å². The van der Waals surface area contributed by atoms with E-state index >= 15 is 0 Å². The number of amides is 1. The van der Waals surface area contributed by atoms with E-state index in [4.69, 9.17) is 5.11 Å². The summed E-state index contributed by atoms with van der Waals surface area (Å²) in [5.74, 6) is -0.821. The van der Waals surface area contributed by atoms with Crippen LogP contribution >= 0.6 is 0 Å². The van der Waals surface area contributed by atoms with E-state index in [0.717, 1.165) is 25.7 Å². The van der Waals surface area contributed by atoms with Crippen LogP contribution in [0, 0.1) is 5.92 Å². The molecule has 164 valence electrons. The van der Waals surface area contributed by atoms with Gasteiger partial charge in [0.15, 0.2) is 0 Å². The Morgan fingerprint density at radius 2 is 1.32 bits per heavy atom. The molecule has 0 radical (unpaired) electrons. The Bertz CT molecular complexity index is 418. The molecule has 0 aliphatic carbocycles. The fourth-order valence-electron chi connectivity index (χ4n) is 3.32. The Morgan fingerprint density at radius 1 is 0.821 bits per heavy atom. The fraction of sp³-hybridized carbons (Fsp3) is 0.833. The summed E-state index contributed by atoms with van der Waals surface area (Å²) in [6.45, 7) is 6.18. The van der Waals surface area contributed by atoms with Crippen LogP contribution < -0.4 is 5.32 Å². The summed E-state index contributed by atoms with van der Waals surface area (Å²) in [6, 6.07) is -0.754. The van der Waals surface area contributed by atoms with Gasteiger partial charge in [-0.1, -0.05) is 84.3 Å². The van der Waals surface area contributed by atoms with Crippen molar-refractivity contribution >= 4 is 11.9 Å². The number of aliphatic carboxylic acids is 1. The molecule has 0 saturated carbocycles. The molecule has 4 heteroatoms. The van der Waals surface area contributed by atoms with Crippen molar-refractivity contribution in [1.29, 1.82) is 0 Å². The fourth-order valence-corrected chi connectivity index (χ4v) is 3.32. The van der Waals surface area contributed by atoms with Crippen LogP contribution in [0.15, 0.2) is 12.2 Å². The molecule has 0 spiro atoms. The van der Waals surface area contributed by atoms with Gasteiger partial charge in [0.25, 0.3) is 0 Å². The second kappa shape index (κ2) is 19.0. The van der Waals surface area contributed by atoms with E-state index in [2.05, 4.69) is 24.4 Å². The number of allylic oxidation sites excluding steroid dienone is 2. The van der Waals surface area contributed by atoms with Gasteiger partial charge in [0.05, 0.1) is 0 Å². The van der Waals surface area contributed by atoms with Crippen LogP contribution in [0.1, 0.15) is 117 Å². The van der Waals surface area contributed by atoms with Gasteiger partial charge in [0, 0.05) is 6.42 Å². The maximum absolute atomic E-state index is 11.9. The van der Waals surface area contributed by atoms with Crippen LogP contribution in [0.5, 0.6) is 0 Å². The number of unbranched alkanes of at least 4 members (excludes halogenated alkanes) is 11. The third-order valence-corrected chi connectivity index (χ3v) is 5.01. The van der Waals surface area contributed by atoms with Crippen LogP contribution in [0.3, 0.4) is 0 Å². The standard InChI is InChI=1S/C24H45NO3/c1-4-5-6-7-8-9-10-11-12-13-14-15-16-17-18-19-23(26)25-22(24(27)28)20-21(2)3/h11-12,21-22H,4-10,13-20H2,1-3H3,(H,25,26)(H,27,28)/b12-11-/t22-/m0/s1. The van der Waals surface area contributed by atoms with Crippen LogP contribution in [0.2, 0.25) is 0 Å². The van der Waals surface area contributed by atoms with Crippen LogP contribution in [0.4, 0.5) is 0 Å². The van der Waals surface area contributed by atoms with Crippen molar-refractivity contribution in [3.8, 4) is 0 Å². The largest absolute Gasteiger partial charge is 0.480 e. The molecule has 0 aromatic carbocycles. The number of nitrogens with one attached hydrogen (secondary N) is 1. The molecule has 0 saturated heterocycles. The molecule has 0 aromatic rings. The summed E-state index contributed by atoms with van der Waals surface area (Å²) >= 11 is 0. The first-order valence-electron chi connectivity index (χ1n) is 11.6. The van der Waals surface area contributed by atoms with Gasteiger partial charge in [0.2, 0.25) is 5.91 Å². The molecule has 0 heterocycles. The molecular weight excluding hydrogens is 350 g/mol. The third-order valence-electron chi connectivity index (χ3n) is 5.01. The van der Waals surface area contributed by atoms with Gasteiger partial charge < -0.3 is 10.4 Å². The van der Waals surface area contributed by atoms with Crippen molar-refractivity contribution in [2.45, 2.75) is 123 Å². The van der Waals surface area contributed by atoms with E-state index in [0.29, 0.717) is 12.8 Å². The average molecular weight is 396 g/mol. The summed E-state index contributed by atoms with van der Waals surface area (Å²) in [5.41, 5.74) is 0. The Morgan fingerprint density at radius 3 is 1.82 bits per heavy atom. The third kappa shape index (κ3) is 18.1. The topological polar surface area (TPSA) is 66.4 Å². The average Bonchev–Trinajstić information content (AvgIpc) is 2.64. The predicted octanol–water partition coefficient (Wildman–Crippen LogP) is 6.64. The first-order valence-corrected chi connectivity index (χ1v) is 11.6.